The summed E-state index contributed by atoms with van der Waals surface area (Å²) in [4.78, 5) is 22.2. The van der Waals surface area contributed by atoms with Crippen LogP contribution >= 0.6 is 0 Å². The van der Waals surface area contributed by atoms with Gasteiger partial charge in [0.2, 0.25) is 0 Å². The number of amides is 2. The summed E-state index contributed by atoms with van der Waals surface area (Å²) in [6.45, 7) is 10.3. The molecule has 0 aliphatic rings. The Labute approximate surface area is 141 Å². The van der Waals surface area contributed by atoms with Crippen LogP contribution in [0.3, 0.4) is 0 Å². The van der Waals surface area contributed by atoms with Gasteiger partial charge < -0.3 is 9.47 Å². The third-order valence-corrected chi connectivity index (χ3v) is 1.00. The molecule has 1 N–H and O–H groups in total. The minimum atomic E-state index is -0.809. The molecule has 0 saturated carbocycles. The van der Waals surface area contributed by atoms with E-state index in [2.05, 4.69) is 0 Å². The van der Waals surface area contributed by atoms with Crippen LogP contribution in [0.15, 0.2) is 0 Å². The molecule has 2 amide bonds. The maximum atomic E-state index is 11.1. The van der Waals surface area contributed by atoms with E-state index < -0.39 is 23.4 Å². The fourth-order valence-electron chi connectivity index (χ4n) is 0.691. The molecule has 0 spiro atoms. The minimum Gasteiger partial charge on any atom is -0.443 e. The smallest absolute Gasteiger partial charge is 0.417 e. The molecule has 1 radical (unpaired) electrons. The van der Waals surface area contributed by atoms with Gasteiger partial charge in [0, 0.05) is 52.8 Å². The first-order chi connectivity index (χ1) is 6.49. The Hall–Kier alpha value is 0.376. The van der Waals surface area contributed by atoms with E-state index in [1.54, 1.807) is 41.5 Å². The van der Waals surface area contributed by atoms with Crippen molar-refractivity contribution in [3.63, 3.8) is 0 Å². The van der Waals surface area contributed by atoms with E-state index in [0.717, 1.165) is 0 Å². The van der Waals surface area contributed by atoms with Crippen LogP contribution in [0.25, 0.3) is 0 Å². The van der Waals surface area contributed by atoms with Gasteiger partial charge >= 0.3 is 12.2 Å². The summed E-state index contributed by atoms with van der Waals surface area (Å²) in [6, 6.07) is 0. The molecule has 0 aromatic heterocycles. The van der Waals surface area contributed by atoms with Gasteiger partial charge in [-0.2, -0.15) is 0 Å². The van der Waals surface area contributed by atoms with Gasteiger partial charge in [-0.1, -0.05) is 0 Å². The van der Waals surface area contributed by atoms with Crippen LogP contribution in [0.4, 0.5) is 9.59 Å². The molecule has 0 fully saturated rings. The van der Waals surface area contributed by atoms with Crippen LogP contribution in [0.5, 0.6) is 0 Å². The summed E-state index contributed by atoms with van der Waals surface area (Å²) in [5.74, 6) is 0. The first kappa shape index (κ1) is 18.7. The van der Waals surface area contributed by atoms with Crippen molar-refractivity contribution in [1.29, 1.82) is 0 Å². The summed E-state index contributed by atoms with van der Waals surface area (Å²) < 4.78 is 9.74. The molecule has 0 aromatic carbocycles. The van der Waals surface area contributed by atoms with Crippen molar-refractivity contribution < 1.29 is 20.5 Å². The number of ether oxygens (including phenoxy) is 2. The van der Waals surface area contributed by atoms with E-state index in [0.29, 0.717) is 0 Å². The normalized spacial score (nSPS) is 11.1. The van der Waals surface area contributed by atoms with Crippen LogP contribution in [0.1, 0.15) is 43.0 Å². The van der Waals surface area contributed by atoms with Gasteiger partial charge in [0.25, 0.3) is 0 Å². The summed E-state index contributed by atoms with van der Waals surface area (Å²) in [7, 11) is 0. The van der Waals surface area contributed by atoms with E-state index in [9.17, 15) is 9.59 Å². The van der Waals surface area contributed by atoms with Gasteiger partial charge in [-0.25, -0.2) is 14.9 Å². The van der Waals surface area contributed by atoms with E-state index in [1.165, 1.54) is 0 Å². The molecule has 16 heavy (non-hydrogen) atoms. The molecule has 0 rings (SSSR count). The number of hydrogen-bond donors (Lipinski definition) is 1. The molecule has 0 heterocycles. The molecule has 5 nitrogen and oxygen atoms in total. The van der Waals surface area contributed by atoms with Gasteiger partial charge in [-0.3, -0.25) is 0 Å². The molecule has 0 saturated heterocycles. The van der Waals surface area contributed by atoms with Crippen LogP contribution in [-0.4, -0.2) is 74.8 Å². The Morgan fingerprint density at radius 2 is 1.12 bits per heavy atom. The maximum absolute atomic E-state index is 11.1. The third kappa shape index (κ3) is 12.4. The van der Waals surface area contributed by atoms with Crippen molar-refractivity contribution >= 4 is 63.6 Å². The number of nitrogens with one attached hydrogen (secondary N) is 1. The van der Waals surface area contributed by atoms with Crippen molar-refractivity contribution in [3.05, 3.63) is 0 Å². The fraction of sp³-hybridized carbons (Fsp3) is 0.800. The number of rotatable bonds is 0. The number of hydrogen-bond acceptors (Lipinski definition) is 4. The van der Waals surface area contributed by atoms with Crippen molar-refractivity contribution in [2.24, 2.45) is 0 Å². The zero-order valence-electron chi connectivity index (χ0n) is 11.1. The van der Waals surface area contributed by atoms with Crippen molar-refractivity contribution in [2.75, 3.05) is 0 Å². The number of imide groups is 1. The van der Waals surface area contributed by atoms with E-state index in [-0.39, 0.29) is 52.8 Å². The number of carbonyl (C=O) groups is 2. The monoisotopic (exact) mass is 258 g/mol. The van der Waals surface area contributed by atoms with E-state index in [1.807, 2.05) is 5.32 Å². The number of carbonyl (C=O) groups excluding carboxylic acids is 2. The van der Waals surface area contributed by atoms with Gasteiger partial charge in [0.15, 0.2) is 0 Å². The predicted octanol–water partition coefficient (Wildman–Crippen LogP) is 2.31. The average molecular weight is 258 g/mol. The van der Waals surface area contributed by atoms with Crippen molar-refractivity contribution in [2.45, 2.75) is 52.7 Å². The largest absolute Gasteiger partial charge is 0.443 e. The second-order valence-corrected chi connectivity index (χ2v) is 5.13. The van der Waals surface area contributed by atoms with Gasteiger partial charge in [-0.05, 0) is 41.5 Å². The number of alkyl carbamates (subject to hydrolysis) is 2. The quantitative estimate of drug-likeness (QED) is 0.677. The van der Waals surface area contributed by atoms with Crippen LogP contribution in [-0.2, 0) is 9.47 Å². The Morgan fingerprint density at radius 1 is 0.875 bits per heavy atom. The van der Waals surface area contributed by atoms with E-state index >= 15 is 0 Å². The molecule has 0 bridgehead atoms. The summed E-state index contributed by atoms with van der Waals surface area (Å²) >= 11 is 0. The van der Waals surface area contributed by atoms with E-state index in [4.69, 9.17) is 9.47 Å². The first-order valence-electron chi connectivity index (χ1n) is 4.72. The van der Waals surface area contributed by atoms with Crippen molar-refractivity contribution in [1.82, 2.24) is 5.32 Å². The second-order valence-electron chi connectivity index (χ2n) is 5.13. The Kier molecular flexibility index (Phi) is 8.14. The fourth-order valence-corrected chi connectivity index (χ4v) is 0.691. The predicted molar refractivity (Wildman–Crippen MR) is 63.5 cm³/mol. The summed E-state index contributed by atoms with van der Waals surface area (Å²) in [5, 5.41) is 1.97. The minimum absolute atomic E-state index is 0. The molecule has 6 heteroatoms. The van der Waals surface area contributed by atoms with Gasteiger partial charge in [0.1, 0.15) is 11.2 Å². The maximum Gasteiger partial charge on any atom is 0.417 e. The van der Waals surface area contributed by atoms with Crippen LogP contribution < -0.4 is 5.32 Å². The van der Waals surface area contributed by atoms with Crippen LogP contribution in [0, 0.1) is 0 Å². The zero-order valence-corrected chi connectivity index (χ0v) is 14.3. The second kappa shape index (κ2) is 6.95. The molecule has 0 aliphatic carbocycles. The van der Waals surface area contributed by atoms with Crippen molar-refractivity contribution in [3.8, 4) is 0 Å². The Morgan fingerprint density at radius 3 is 1.31 bits per heavy atom. The SMILES string of the molecule is CC(C)(C)OC(=O)NC(=O)OC(C)(C)C.[HH].[K]. The molecule has 0 unspecified atom stereocenters. The molecule has 0 aliphatic heterocycles. The summed E-state index contributed by atoms with van der Waals surface area (Å²) in [6.07, 6.45) is -1.62. The first-order valence-corrected chi connectivity index (χ1v) is 4.72. The Bertz CT molecular complexity index is 232. The van der Waals surface area contributed by atoms with Gasteiger partial charge in [-0.15, -0.1) is 0 Å². The topological polar surface area (TPSA) is 64.6 Å². The average Bonchev–Trinajstić information content (AvgIpc) is 1.73. The molecule has 0 atom stereocenters. The standard InChI is InChI=1S/C10H19NO4.K.H2/c1-9(2,3)14-7(12)11-8(13)15-10(4,5)6;;/h1-6H3,(H,11,12,13);;1H. The van der Waals surface area contributed by atoms with Crippen LogP contribution in [0.2, 0.25) is 0 Å². The molecular formula is C10H21KNO4. The zero-order chi connectivity index (χ0) is 12.3. The molecular weight excluding hydrogens is 237 g/mol. The molecule has 0 aromatic rings. The Balaban J connectivity index is -0.000000980. The molecule has 91 valence electrons. The third-order valence-electron chi connectivity index (χ3n) is 1.00. The summed E-state index contributed by atoms with van der Waals surface area (Å²) in [5.41, 5.74) is -1.27. The van der Waals surface area contributed by atoms with Gasteiger partial charge in [0.05, 0.1) is 0 Å².